The normalized spacial score (nSPS) is 21.0. The van der Waals surface area contributed by atoms with E-state index in [-0.39, 0.29) is 49.1 Å². The average Bonchev–Trinajstić information content (AvgIpc) is 3.56. The van der Waals surface area contributed by atoms with Crippen molar-refractivity contribution in [3.8, 4) is 6.01 Å². The Morgan fingerprint density at radius 1 is 1.03 bits per heavy atom. The molecule has 198 valence electrons. The van der Waals surface area contributed by atoms with E-state index in [9.17, 15) is 27.2 Å². The topological polar surface area (TPSA) is 105 Å². The van der Waals surface area contributed by atoms with Gasteiger partial charge in [0.25, 0.3) is 0 Å². The van der Waals surface area contributed by atoms with E-state index in [4.69, 9.17) is 4.74 Å². The lowest BCUT2D eigenvalue weighted by atomic mass is 10.1. The quantitative estimate of drug-likeness (QED) is 0.401. The molecule has 2 atom stereocenters. The Morgan fingerprint density at radius 2 is 1.74 bits per heavy atom. The number of halogens is 4. The number of aromatic nitrogens is 4. The van der Waals surface area contributed by atoms with Gasteiger partial charge < -0.3 is 19.9 Å². The van der Waals surface area contributed by atoms with Crippen molar-refractivity contribution in [2.75, 3.05) is 16.8 Å². The summed E-state index contributed by atoms with van der Waals surface area (Å²) in [6.45, 7) is 0.639. The SMILES string of the molecule is O=C1CC(Oc2ncc(F)cn2)CN1c1cnn2c1CN(C(=O)Nc1cc(F)c(F)c(F)c1)C(C1CC1)C2. The van der Waals surface area contributed by atoms with Gasteiger partial charge in [0, 0.05) is 17.8 Å². The number of hydrogen-bond acceptors (Lipinski definition) is 6. The van der Waals surface area contributed by atoms with Crippen LogP contribution in [0, 0.1) is 29.2 Å². The molecule has 4 heterocycles. The summed E-state index contributed by atoms with van der Waals surface area (Å²) in [5.41, 5.74) is 0.908. The van der Waals surface area contributed by atoms with Gasteiger partial charge >= 0.3 is 12.0 Å². The first-order chi connectivity index (χ1) is 18.3. The van der Waals surface area contributed by atoms with Crippen molar-refractivity contribution in [1.29, 1.82) is 0 Å². The molecule has 3 aliphatic rings. The molecule has 2 fully saturated rings. The van der Waals surface area contributed by atoms with Gasteiger partial charge in [-0.1, -0.05) is 0 Å². The first kappa shape index (κ1) is 24.1. The molecule has 1 aromatic carbocycles. The molecule has 38 heavy (non-hydrogen) atoms. The first-order valence-corrected chi connectivity index (χ1v) is 12.0. The highest BCUT2D eigenvalue weighted by atomic mass is 19.2. The van der Waals surface area contributed by atoms with Gasteiger partial charge in [0.1, 0.15) is 6.10 Å². The molecule has 0 radical (unpaired) electrons. The third kappa shape index (κ3) is 4.50. The van der Waals surface area contributed by atoms with Crippen LogP contribution in [-0.2, 0) is 17.9 Å². The van der Waals surface area contributed by atoms with E-state index >= 15 is 0 Å². The number of rotatable bonds is 5. The number of urea groups is 1. The van der Waals surface area contributed by atoms with Crippen LogP contribution in [0.15, 0.2) is 30.7 Å². The fourth-order valence-corrected chi connectivity index (χ4v) is 4.93. The molecular formula is C24H21F4N7O3. The molecule has 2 aliphatic heterocycles. The number of amides is 3. The summed E-state index contributed by atoms with van der Waals surface area (Å²) in [5, 5.41) is 6.90. The zero-order valence-corrected chi connectivity index (χ0v) is 19.8. The second kappa shape index (κ2) is 9.26. The molecule has 3 aromatic rings. The van der Waals surface area contributed by atoms with E-state index in [0.29, 0.717) is 17.9 Å². The minimum absolute atomic E-state index is 0.0436. The van der Waals surface area contributed by atoms with Gasteiger partial charge in [-0.05, 0) is 18.8 Å². The summed E-state index contributed by atoms with van der Waals surface area (Å²) in [4.78, 5) is 36.7. The van der Waals surface area contributed by atoms with E-state index in [1.54, 1.807) is 15.8 Å². The first-order valence-electron chi connectivity index (χ1n) is 12.0. The standard InChI is InChI=1S/C24H21F4N7O3/c25-13-6-29-23(30-7-13)38-15-5-21(36)33(9-15)18-8-31-35-11-19(12-1-2-12)34(10-20(18)35)24(37)32-14-3-16(26)22(28)17(27)4-14/h3-4,6-8,12,15,19H,1-2,5,9-11H2,(H,32,37). The van der Waals surface area contributed by atoms with Crippen molar-refractivity contribution >= 4 is 23.3 Å². The zero-order chi connectivity index (χ0) is 26.6. The van der Waals surface area contributed by atoms with Crippen molar-refractivity contribution in [2.24, 2.45) is 5.92 Å². The lowest BCUT2D eigenvalue weighted by molar-refractivity contribution is -0.117. The summed E-state index contributed by atoms with van der Waals surface area (Å²) < 4.78 is 61.2. The smallest absolute Gasteiger partial charge is 0.322 e. The molecule has 6 rings (SSSR count). The van der Waals surface area contributed by atoms with Crippen molar-refractivity contribution < 1.29 is 31.9 Å². The second-order valence-corrected chi connectivity index (χ2v) is 9.51. The number of benzene rings is 1. The summed E-state index contributed by atoms with van der Waals surface area (Å²) in [6.07, 6.45) is 4.81. The van der Waals surface area contributed by atoms with Gasteiger partial charge in [-0.3, -0.25) is 9.48 Å². The number of hydrogen-bond donors (Lipinski definition) is 1. The van der Waals surface area contributed by atoms with Crippen molar-refractivity contribution in [3.63, 3.8) is 0 Å². The van der Waals surface area contributed by atoms with Crippen LogP contribution in [0.4, 0.5) is 33.7 Å². The molecule has 3 amide bonds. The fraction of sp³-hybridized carbons (Fsp3) is 0.375. The van der Waals surface area contributed by atoms with Gasteiger partial charge in [-0.2, -0.15) is 5.10 Å². The van der Waals surface area contributed by atoms with Crippen LogP contribution in [0.3, 0.4) is 0 Å². The van der Waals surface area contributed by atoms with Gasteiger partial charge in [0.2, 0.25) is 5.91 Å². The highest BCUT2D eigenvalue weighted by Crippen LogP contribution is 2.40. The lowest BCUT2D eigenvalue weighted by Gasteiger charge is -2.37. The highest BCUT2D eigenvalue weighted by molar-refractivity contribution is 5.97. The van der Waals surface area contributed by atoms with Gasteiger partial charge in [-0.25, -0.2) is 32.3 Å². The number of carbonyl (C=O) groups is 2. The van der Waals surface area contributed by atoms with Gasteiger partial charge in [0.15, 0.2) is 23.3 Å². The van der Waals surface area contributed by atoms with Crippen LogP contribution in [0.5, 0.6) is 6.01 Å². The van der Waals surface area contributed by atoms with Crippen molar-refractivity contribution in [3.05, 3.63) is 59.7 Å². The molecule has 1 aliphatic carbocycles. The van der Waals surface area contributed by atoms with Crippen LogP contribution in [0.1, 0.15) is 25.0 Å². The Labute approximate surface area is 213 Å². The van der Waals surface area contributed by atoms with Crippen molar-refractivity contribution in [2.45, 2.75) is 44.5 Å². The molecule has 10 nitrogen and oxygen atoms in total. The molecular weight excluding hydrogens is 510 g/mol. The molecule has 2 aromatic heterocycles. The van der Waals surface area contributed by atoms with Crippen LogP contribution in [0.25, 0.3) is 0 Å². The number of carbonyl (C=O) groups excluding carboxylic acids is 2. The summed E-state index contributed by atoms with van der Waals surface area (Å²) in [5.74, 6) is -5.04. The molecule has 1 saturated heterocycles. The van der Waals surface area contributed by atoms with Crippen LogP contribution in [-0.4, -0.2) is 55.3 Å². The minimum Gasteiger partial charge on any atom is -0.458 e. The number of nitrogens with one attached hydrogen (secondary N) is 1. The van der Waals surface area contributed by atoms with E-state index in [0.717, 1.165) is 37.4 Å². The number of fused-ring (bicyclic) bond motifs is 1. The third-order valence-electron chi connectivity index (χ3n) is 6.92. The largest absolute Gasteiger partial charge is 0.458 e. The summed E-state index contributed by atoms with van der Waals surface area (Å²) in [6, 6.07) is 0.567. The molecule has 0 spiro atoms. The maximum Gasteiger partial charge on any atom is 0.322 e. The number of anilines is 2. The zero-order valence-electron chi connectivity index (χ0n) is 19.8. The monoisotopic (exact) mass is 531 g/mol. The fourth-order valence-electron chi connectivity index (χ4n) is 4.93. The molecule has 1 N–H and O–H groups in total. The van der Waals surface area contributed by atoms with E-state index in [2.05, 4.69) is 20.4 Å². The van der Waals surface area contributed by atoms with E-state index in [1.807, 2.05) is 0 Å². The van der Waals surface area contributed by atoms with Crippen molar-refractivity contribution in [1.82, 2.24) is 24.6 Å². The molecule has 0 bridgehead atoms. The third-order valence-corrected chi connectivity index (χ3v) is 6.92. The van der Waals surface area contributed by atoms with E-state index in [1.165, 1.54) is 4.90 Å². The van der Waals surface area contributed by atoms with Crippen LogP contribution >= 0.6 is 0 Å². The van der Waals surface area contributed by atoms with Gasteiger partial charge in [0.05, 0.1) is 62.1 Å². The summed E-state index contributed by atoms with van der Waals surface area (Å²) in [7, 11) is 0. The predicted molar refractivity (Wildman–Crippen MR) is 123 cm³/mol. The van der Waals surface area contributed by atoms with Gasteiger partial charge in [-0.15, -0.1) is 0 Å². The second-order valence-electron chi connectivity index (χ2n) is 9.51. The summed E-state index contributed by atoms with van der Waals surface area (Å²) >= 11 is 0. The molecule has 1 saturated carbocycles. The Balaban J connectivity index is 1.21. The Kier molecular flexibility index (Phi) is 5.88. The Bertz CT molecular complexity index is 1390. The van der Waals surface area contributed by atoms with E-state index < -0.39 is 35.4 Å². The number of nitrogens with zero attached hydrogens (tertiary/aromatic N) is 6. The molecule has 2 unspecified atom stereocenters. The highest BCUT2D eigenvalue weighted by Gasteiger charge is 2.43. The number of ether oxygens (including phenoxy) is 1. The maximum absolute atomic E-state index is 13.7. The average molecular weight is 531 g/mol. The predicted octanol–water partition coefficient (Wildman–Crippen LogP) is 3.24. The van der Waals surface area contributed by atoms with Crippen LogP contribution in [0.2, 0.25) is 0 Å². The Hall–Kier alpha value is -4.23. The molecule has 14 heteroatoms. The van der Waals surface area contributed by atoms with Crippen LogP contribution < -0.4 is 15.0 Å². The maximum atomic E-state index is 13.7. The minimum atomic E-state index is -1.62. The lowest BCUT2D eigenvalue weighted by Crippen LogP contribution is -2.49. The Morgan fingerprint density at radius 3 is 2.42 bits per heavy atom.